The van der Waals surface area contributed by atoms with E-state index in [4.69, 9.17) is 71.8 Å². The van der Waals surface area contributed by atoms with E-state index in [1.165, 1.54) is 163 Å². The maximum atomic E-state index is 13.8. The van der Waals surface area contributed by atoms with E-state index >= 15 is 0 Å². The molecule has 0 bridgehead atoms. The Labute approximate surface area is 695 Å². The van der Waals surface area contributed by atoms with Crippen LogP contribution in [0.2, 0.25) is 0 Å². The average molecular weight is 1700 g/mol. The number of alkyl carbamates (subject to hydrolysis) is 1. The summed E-state index contributed by atoms with van der Waals surface area (Å²) in [5.41, 5.74) is 31.9. The summed E-state index contributed by atoms with van der Waals surface area (Å²) in [4.78, 5) is 47.9. The normalized spacial score (nSPS) is 30.4. The molecule has 24 nitrogen and oxygen atoms in total. The lowest BCUT2D eigenvalue weighted by Gasteiger charge is -2.58. The first-order valence-corrected chi connectivity index (χ1v) is 51.0. The first kappa shape index (κ1) is 97.3. The smallest absolute Gasteiger partial charge is 0.408 e. The molecule has 0 aromatic heterocycles. The van der Waals surface area contributed by atoms with Crippen LogP contribution in [0.4, 0.5) is 4.79 Å². The maximum Gasteiger partial charge on any atom is 0.408 e. The fourth-order valence-corrected chi connectivity index (χ4v) is 27.5. The van der Waals surface area contributed by atoms with Gasteiger partial charge in [0.25, 0.3) is 0 Å². The number of nitrogens with two attached hydrogens (primary N) is 5. The number of hydrogen-bond acceptors (Lipinski definition) is 21. The average Bonchev–Trinajstić information content (AvgIpc) is 1.68. The van der Waals surface area contributed by atoms with Crippen LogP contribution < -0.4 is 44.2 Å². The number of allylic oxidation sites excluding steroid dienone is 2. The predicted molar refractivity (Wildman–Crippen MR) is 469 cm³/mol. The van der Waals surface area contributed by atoms with E-state index in [2.05, 4.69) is 93.0 Å². The number of carbonyl (C=O) groups is 3. The molecule has 0 aliphatic heterocycles. The van der Waals surface area contributed by atoms with Gasteiger partial charge in [0.1, 0.15) is 29.9 Å². The van der Waals surface area contributed by atoms with Gasteiger partial charge in [-0.2, -0.15) is 0 Å². The summed E-state index contributed by atoms with van der Waals surface area (Å²) in [5, 5.41) is 23.3. The van der Waals surface area contributed by atoms with Crippen LogP contribution in [0.25, 0.3) is 0 Å². The molecule has 8 aliphatic carbocycles. The third-order valence-corrected chi connectivity index (χ3v) is 34.5. The molecule has 113 heavy (non-hydrogen) atoms. The zero-order valence-electron chi connectivity index (χ0n) is 71.2. The molecule has 6 fully saturated rings. The van der Waals surface area contributed by atoms with Crippen molar-refractivity contribution in [2.45, 2.75) is 300 Å². The van der Waals surface area contributed by atoms with Gasteiger partial charge in [-0.3, -0.25) is 43.7 Å². The van der Waals surface area contributed by atoms with Crippen LogP contribution in [0.5, 0.6) is 0 Å². The first-order chi connectivity index (χ1) is 53.4. The minimum atomic E-state index is -3.67. The monoisotopic (exact) mass is 1700 g/mol. The second-order valence-electron chi connectivity index (χ2n) is 36.6. The van der Waals surface area contributed by atoms with E-state index < -0.39 is 45.2 Å². The summed E-state index contributed by atoms with van der Waals surface area (Å²) in [6.45, 7) is 29.9. The Morgan fingerprint density at radius 2 is 0.991 bits per heavy atom. The van der Waals surface area contributed by atoms with Crippen molar-refractivity contribution in [2.75, 3.05) is 75.6 Å². The molecule has 648 valence electrons. The molecule has 8 aliphatic rings. The molecule has 0 radical (unpaired) electrons. The predicted octanol–water partition coefficient (Wildman–Crippen LogP) is 18.0. The topological polar surface area (TPSA) is 389 Å². The van der Waals surface area contributed by atoms with Crippen molar-refractivity contribution in [3.05, 3.63) is 23.3 Å². The van der Waals surface area contributed by atoms with Crippen molar-refractivity contribution in [2.24, 2.45) is 119 Å². The third-order valence-electron chi connectivity index (χ3n) is 26.3. The Balaban J connectivity index is 0.000000316. The Hall–Kier alpha value is -2.85. The fourth-order valence-electron chi connectivity index (χ4n) is 20.4. The molecule has 0 aromatic carbocycles. The minimum absolute atomic E-state index is 0.0275. The van der Waals surface area contributed by atoms with Gasteiger partial charge in [-0.15, -0.1) is 0 Å². The van der Waals surface area contributed by atoms with Gasteiger partial charge < -0.3 is 48.2 Å². The Bertz CT molecular complexity index is 3270. The van der Waals surface area contributed by atoms with Gasteiger partial charge in [0.15, 0.2) is 0 Å². The van der Waals surface area contributed by atoms with Gasteiger partial charge in [0, 0.05) is 61.8 Å². The molecule has 30 heteroatoms. The molecule has 0 heterocycles. The number of unbranched alkanes of at least 4 members (excludes halogenated alkanes) is 2. The number of hydrogen-bond donors (Lipinski definition) is 10. The summed E-state index contributed by atoms with van der Waals surface area (Å²) in [6.07, 6.45) is 35.3. The van der Waals surface area contributed by atoms with Gasteiger partial charge in [0.2, 0.25) is 0 Å². The molecular weight excluding hydrogens is 1550 g/mol. The standard InChI is InChI=1S/C44H79N6O7PS2.C39H71N6O5PS2/c1-30(2)12-9-10-13-32-16-18-36-35-17-15-33-28-34(19-21-44(33,8)37(35)20-22-43(32,36)7)56-40(51)38(50-41(52)57-42(4,5)6)29-60-59-27-24-49-58(53,54-25-11-14-39(46)47)55-26-23-48-31(3)45;1-27(2)9-6-7-10-29-13-15-33-32-14-12-30-25-31(16-18-39(30,5)34(32)17-19-38(29,33)4)50-37(46)35(41)26-53-52-24-21-45-51(47,48-22-8-11-36(42)43)49-23-20-44-28(3)40/h15,30,32,34-38H,9-14,16-29H2,1-8H3,(H2,45,48)(H3,46,47)(H,49,53)(H,50,52);12,27,29,31-35H,6-11,13-26,41H2,1-5H3,(H2,40,44)(H3,42,43)(H,45,47). The molecule has 0 aromatic rings. The number of amides is 1. The van der Waals surface area contributed by atoms with E-state index in [1.807, 2.05) is 0 Å². The van der Waals surface area contributed by atoms with Crippen LogP contribution in [0.15, 0.2) is 33.3 Å². The molecule has 18 atom stereocenters. The van der Waals surface area contributed by atoms with Crippen molar-refractivity contribution in [3.8, 4) is 0 Å². The van der Waals surface area contributed by atoms with Crippen LogP contribution in [0.1, 0.15) is 270 Å². The number of nitrogens with zero attached hydrogens (tertiary/aromatic N) is 2. The Morgan fingerprint density at radius 3 is 1.41 bits per heavy atom. The van der Waals surface area contributed by atoms with E-state index in [0.717, 1.165) is 98.2 Å². The number of aliphatic imine (C=N–C) groups is 2. The van der Waals surface area contributed by atoms with E-state index in [9.17, 15) is 23.5 Å². The van der Waals surface area contributed by atoms with Crippen LogP contribution in [0.3, 0.4) is 0 Å². The highest BCUT2D eigenvalue weighted by molar-refractivity contribution is 8.77. The Morgan fingerprint density at radius 1 is 0.566 bits per heavy atom. The van der Waals surface area contributed by atoms with Gasteiger partial charge in [0.05, 0.1) is 62.9 Å². The fraction of sp³-hybridized carbons (Fsp3) is 0.867. The van der Waals surface area contributed by atoms with Crippen LogP contribution >= 0.6 is 58.7 Å². The summed E-state index contributed by atoms with van der Waals surface area (Å²) in [6, 6.07) is -1.62. The molecule has 0 spiro atoms. The number of carbonyl (C=O) groups excluding carboxylic acids is 3. The molecule has 0 saturated heterocycles. The minimum Gasteiger partial charge on any atom is -0.461 e. The number of rotatable bonds is 47. The Kier molecular flexibility index (Phi) is 39.8. The quantitative estimate of drug-likeness (QED) is 0.00395. The lowest BCUT2D eigenvalue weighted by Crippen LogP contribution is -2.51. The van der Waals surface area contributed by atoms with Gasteiger partial charge in [-0.1, -0.05) is 160 Å². The highest BCUT2D eigenvalue weighted by Crippen LogP contribution is 2.69. The second kappa shape index (κ2) is 46.2. The van der Waals surface area contributed by atoms with Gasteiger partial charge in [-0.05, 0) is 231 Å². The van der Waals surface area contributed by atoms with Crippen molar-refractivity contribution in [3.63, 3.8) is 0 Å². The highest BCUT2D eigenvalue weighted by Gasteiger charge is 2.60. The lowest BCUT2D eigenvalue weighted by molar-refractivity contribution is -0.153. The molecule has 6 saturated carbocycles. The number of esters is 2. The van der Waals surface area contributed by atoms with E-state index in [1.54, 1.807) is 34.6 Å². The second-order valence-corrected chi connectivity index (χ2v) is 45.5. The van der Waals surface area contributed by atoms with Gasteiger partial charge in [-0.25, -0.2) is 28.9 Å². The summed E-state index contributed by atoms with van der Waals surface area (Å²) < 4.78 is 66.6. The lowest BCUT2D eigenvalue weighted by atomic mass is 9.47. The third kappa shape index (κ3) is 30.1. The van der Waals surface area contributed by atoms with Crippen LogP contribution in [-0.4, -0.2) is 147 Å². The number of ether oxygens (including phenoxy) is 3. The number of fused-ring (bicyclic) bond motifs is 10. The SMILES string of the molecule is CC(N)=NCCOP(=O)(NCCSSCC(N)C(=O)OC1CCC2(C)C(=CCC3C2CCC2(C)C(CCCCC(C)C)CCC32)C1)OCCCC(=N)N.CC(N)=NCCOP(=O)(NCCSSCC(NC(=O)OC(C)(C)C)C(=O)OC1CCC2(C)C(=CCC3C2CCC2(C)C(CCCCC(C)C)CCC32)C1)OCCCC(=N)N. The molecular formula is C83H150N12O12P2S4. The maximum absolute atomic E-state index is 13.8. The summed E-state index contributed by atoms with van der Waals surface area (Å²) >= 11 is 0. The molecule has 18 unspecified atom stereocenters. The van der Waals surface area contributed by atoms with Crippen molar-refractivity contribution >= 4 is 100 Å². The zero-order valence-corrected chi connectivity index (χ0v) is 76.3. The van der Waals surface area contributed by atoms with Gasteiger partial charge >= 0.3 is 33.5 Å². The van der Waals surface area contributed by atoms with Crippen molar-refractivity contribution in [1.82, 2.24) is 15.5 Å². The molecule has 1 amide bonds. The largest absolute Gasteiger partial charge is 0.461 e. The van der Waals surface area contributed by atoms with Crippen molar-refractivity contribution in [1.29, 1.82) is 10.8 Å². The highest BCUT2D eigenvalue weighted by atomic mass is 33.1. The number of nitrogens with one attached hydrogen (secondary N) is 5. The first-order valence-electron chi connectivity index (χ1n) is 42.9. The van der Waals surface area contributed by atoms with Crippen LogP contribution in [0, 0.1) is 91.7 Å². The van der Waals surface area contributed by atoms with E-state index in [0.29, 0.717) is 77.9 Å². The van der Waals surface area contributed by atoms with Crippen molar-refractivity contribution < 1.29 is 55.8 Å². The molecule has 15 N–H and O–H groups in total. The summed E-state index contributed by atoms with van der Waals surface area (Å²) in [5.74, 6) is 9.88. The van der Waals surface area contributed by atoms with E-state index in [-0.39, 0.29) is 92.5 Å². The number of amidine groups is 4. The summed E-state index contributed by atoms with van der Waals surface area (Å²) in [7, 11) is -1.36. The van der Waals surface area contributed by atoms with Crippen LogP contribution in [-0.2, 0) is 51.0 Å². The molecule has 8 rings (SSSR count). The zero-order chi connectivity index (χ0) is 82.8.